The van der Waals surface area contributed by atoms with Gasteiger partial charge in [-0.25, -0.2) is 4.79 Å². The minimum Gasteiger partial charge on any atom is -0.481 e. The minimum absolute atomic E-state index is 0.0244. The highest BCUT2D eigenvalue weighted by Gasteiger charge is 2.31. The van der Waals surface area contributed by atoms with Gasteiger partial charge in [-0.15, -0.1) is 0 Å². The van der Waals surface area contributed by atoms with E-state index in [1.807, 2.05) is 0 Å². The fourth-order valence-corrected chi connectivity index (χ4v) is 3.12. The van der Waals surface area contributed by atoms with Crippen molar-refractivity contribution in [2.24, 2.45) is 33.8 Å². The van der Waals surface area contributed by atoms with Gasteiger partial charge in [0.05, 0.1) is 12.5 Å². The highest BCUT2D eigenvalue weighted by atomic mass is 16.4. The van der Waals surface area contributed by atoms with Crippen LogP contribution in [0, 0.1) is 5.92 Å². The normalized spacial score (nSPS) is 13.9. The molecule has 16 heteroatoms. The van der Waals surface area contributed by atoms with Gasteiger partial charge in [0.1, 0.15) is 18.1 Å². The zero-order valence-corrected chi connectivity index (χ0v) is 20.9. The summed E-state index contributed by atoms with van der Waals surface area (Å²) in [4.78, 5) is 75.7. The summed E-state index contributed by atoms with van der Waals surface area (Å²) in [7, 11) is 0. The zero-order valence-electron chi connectivity index (χ0n) is 20.9. The maximum Gasteiger partial charge on any atom is 0.326 e. The van der Waals surface area contributed by atoms with Crippen molar-refractivity contribution in [3.05, 3.63) is 0 Å². The van der Waals surface area contributed by atoms with Crippen LogP contribution < -0.4 is 38.9 Å². The van der Waals surface area contributed by atoms with Crippen LogP contribution in [0.4, 0.5) is 0 Å². The van der Waals surface area contributed by atoms with E-state index in [2.05, 4.69) is 20.9 Å². The molecule has 4 atom stereocenters. The zero-order chi connectivity index (χ0) is 28.7. The third-order valence-corrected chi connectivity index (χ3v) is 4.94. The van der Waals surface area contributed by atoms with Gasteiger partial charge in [0.15, 0.2) is 5.96 Å². The number of rotatable bonds is 18. The van der Waals surface area contributed by atoms with Crippen LogP contribution in [0.5, 0.6) is 0 Å². The number of aliphatic carboxylic acids is 2. The number of nitrogens with two attached hydrogens (primary N) is 4. The van der Waals surface area contributed by atoms with Crippen molar-refractivity contribution in [2.75, 3.05) is 6.54 Å². The molecule has 0 aliphatic heterocycles. The number of primary amides is 1. The predicted octanol–water partition coefficient (Wildman–Crippen LogP) is -3.31. The number of carbonyl (C=O) groups is 6. The summed E-state index contributed by atoms with van der Waals surface area (Å²) in [5.41, 5.74) is 21.3. The summed E-state index contributed by atoms with van der Waals surface area (Å²) in [6.07, 6.45) is -0.937. The molecule has 0 bridgehead atoms. The van der Waals surface area contributed by atoms with Gasteiger partial charge in [-0.2, -0.15) is 0 Å². The first-order valence-corrected chi connectivity index (χ1v) is 11.6. The van der Waals surface area contributed by atoms with Gasteiger partial charge in [-0.1, -0.05) is 13.8 Å². The number of aliphatic imine (C=N–C) groups is 1. The van der Waals surface area contributed by atoms with E-state index in [1.54, 1.807) is 13.8 Å². The topological polar surface area (TPSA) is 295 Å². The fraction of sp³-hybridized carbons (Fsp3) is 0.667. The number of carboxylic acids is 2. The van der Waals surface area contributed by atoms with Crippen LogP contribution in [0.25, 0.3) is 0 Å². The van der Waals surface area contributed by atoms with E-state index in [1.165, 1.54) is 0 Å². The van der Waals surface area contributed by atoms with Gasteiger partial charge in [0.25, 0.3) is 0 Å². The van der Waals surface area contributed by atoms with Crippen molar-refractivity contribution in [1.82, 2.24) is 16.0 Å². The van der Waals surface area contributed by atoms with E-state index < -0.39 is 66.2 Å². The predicted molar refractivity (Wildman–Crippen MR) is 131 cm³/mol. The maximum atomic E-state index is 13.0. The highest BCUT2D eigenvalue weighted by molar-refractivity contribution is 5.95. The third-order valence-electron chi connectivity index (χ3n) is 4.94. The van der Waals surface area contributed by atoms with Crippen LogP contribution in [0.2, 0.25) is 0 Å². The van der Waals surface area contributed by atoms with Crippen LogP contribution >= 0.6 is 0 Å². The van der Waals surface area contributed by atoms with Gasteiger partial charge in [0, 0.05) is 13.0 Å². The second-order valence-corrected chi connectivity index (χ2v) is 8.81. The summed E-state index contributed by atoms with van der Waals surface area (Å²) in [6.45, 7) is 3.63. The Morgan fingerprint density at radius 1 is 0.811 bits per heavy atom. The number of carboxylic acid groups (broad SMARTS) is 2. The fourth-order valence-electron chi connectivity index (χ4n) is 3.12. The molecule has 0 spiro atoms. The van der Waals surface area contributed by atoms with Crippen LogP contribution in [0.3, 0.4) is 0 Å². The van der Waals surface area contributed by atoms with Crippen molar-refractivity contribution in [3.8, 4) is 0 Å². The van der Waals surface area contributed by atoms with Crippen molar-refractivity contribution in [1.29, 1.82) is 0 Å². The molecule has 13 N–H and O–H groups in total. The Balaban J connectivity index is 5.71. The Hall–Kier alpha value is -3.95. The summed E-state index contributed by atoms with van der Waals surface area (Å²) < 4.78 is 0. The quantitative estimate of drug-likeness (QED) is 0.0480. The summed E-state index contributed by atoms with van der Waals surface area (Å²) in [6, 6.07) is -5.34. The summed E-state index contributed by atoms with van der Waals surface area (Å²) in [5.74, 6) is -6.27. The first kappa shape index (κ1) is 33.0. The number of carbonyl (C=O) groups excluding carboxylic acids is 4. The monoisotopic (exact) mass is 530 g/mol. The number of nitrogens with zero attached hydrogens (tertiary/aromatic N) is 1. The highest BCUT2D eigenvalue weighted by Crippen LogP contribution is 2.08. The van der Waals surface area contributed by atoms with E-state index in [9.17, 15) is 33.9 Å². The van der Waals surface area contributed by atoms with E-state index in [0.29, 0.717) is 0 Å². The van der Waals surface area contributed by atoms with E-state index >= 15 is 0 Å². The number of hydrogen-bond acceptors (Lipinski definition) is 8. The molecular formula is C21H38N8O8. The number of hydrogen-bond donors (Lipinski definition) is 9. The molecule has 0 saturated carbocycles. The summed E-state index contributed by atoms with van der Waals surface area (Å²) in [5, 5.41) is 25.3. The van der Waals surface area contributed by atoms with Crippen LogP contribution in [-0.4, -0.2) is 82.5 Å². The maximum absolute atomic E-state index is 13.0. The van der Waals surface area contributed by atoms with Gasteiger partial charge in [0.2, 0.25) is 23.6 Å². The molecule has 16 nitrogen and oxygen atoms in total. The lowest BCUT2D eigenvalue weighted by Gasteiger charge is -2.25. The first-order chi connectivity index (χ1) is 17.1. The molecule has 4 amide bonds. The largest absolute Gasteiger partial charge is 0.481 e. The van der Waals surface area contributed by atoms with Crippen molar-refractivity contribution in [3.63, 3.8) is 0 Å². The average Bonchev–Trinajstić information content (AvgIpc) is 2.76. The molecule has 0 fully saturated rings. The van der Waals surface area contributed by atoms with Crippen molar-refractivity contribution < 1.29 is 39.0 Å². The molecule has 0 heterocycles. The SMILES string of the molecule is CC(C)CC(NC(=O)C(CCC(N)=O)NC(=O)C(CCCN=C(N)N)NC(=O)C(N)CC(=O)O)C(=O)O. The van der Waals surface area contributed by atoms with Crippen LogP contribution in [0.1, 0.15) is 52.4 Å². The van der Waals surface area contributed by atoms with Crippen molar-refractivity contribution in [2.45, 2.75) is 76.5 Å². The molecule has 0 aromatic heterocycles. The molecule has 4 unspecified atom stereocenters. The lowest BCUT2D eigenvalue weighted by molar-refractivity contribution is -0.143. The molecule has 210 valence electrons. The molecule has 0 rings (SSSR count). The second-order valence-electron chi connectivity index (χ2n) is 8.81. The molecule has 0 radical (unpaired) electrons. The Morgan fingerprint density at radius 3 is 1.78 bits per heavy atom. The van der Waals surface area contributed by atoms with Gasteiger partial charge in [-0.05, 0) is 31.6 Å². The number of nitrogens with one attached hydrogen (secondary N) is 3. The Bertz CT molecular complexity index is 859. The third kappa shape index (κ3) is 14.9. The van der Waals surface area contributed by atoms with E-state index in [4.69, 9.17) is 28.0 Å². The molecule has 0 aromatic carbocycles. The van der Waals surface area contributed by atoms with E-state index in [0.717, 1.165) is 0 Å². The number of guanidine groups is 1. The molecule has 0 aromatic rings. The Labute approximate surface area is 214 Å². The van der Waals surface area contributed by atoms with Crippen LogP contribution in [0.15, 0.2) is 4.99 Å². The molecule has 0 aliphatic rings. The van der Waals surface area contributed by atoms with Crippen molar-refractivity contribution >= 4 is 41.5 Å². The first-order valence-electron chi connectivity index (χ1n) is 11.6. The van der Waals surface area contributed by atoms with Crippen LogP contribution in [-0.2, 0) is 28.8 Å². The molecule has 0 saturated heterocycles. The smallest absolute Gasteiger partial charge is 0.326 e. The standard InChI is InChI=1S/C21H38N8O8/c1-10(2)8-14(20(36)37)29-19(35)13(5-6-15(23)30)28-18(34)12(4-3-7-26-21(24)25)27-17(33)11(22)9-16(31)32/h10-14H,3-9,22H2,1-2H3,(H2,23,30)(H,27,33)(H,28,34)(H,29,35)(H,31,32)(H,36,37)(H4,24,25,26). The molecule has 0 aliphatic carbocycles. The Morgan fingerprint density at radius 2 is 1.32 bits per heavy atom. The Kier molecular flexibility index (Phi) is 14.9. The van der Waals surface area contributed by atoms with Gasteiger partial charge < -0.3 is 49.1 Å². The summed E-state index contributed by atoms with van der Waals surface area (Å²) >= 11 is 0. The molecule has 37 heavy (non-hydrogen) atoms. The average molecular weight is 531 g/mol. The van der Waals surface area contributed by atoms with E-state index in [-0.39, 0.29) is 50.5 Å². The number of amides is 4. The molecular weight excluding hydrogens is 492 g/mol. The van der Waals surface area contributed by atoms with Gasteiger partial charge >= 0.3 is 11.9 Å². The van der Waals surface area contributed by atoms with Gasteiger partial charge in [-0.3, -0.25) is 29.0 Å². The minimum atomic E-state index is -1.45. The lowest BCUT2D eigenvalue weighted by Crippen LogP contribution is -2.57. The second kappa shape index (κ2) is 16.7. The lowest BCUT2D eigenvalue weighted by atomic mass is 10.0.